The molecule has 2 aromatic carbocycles. The van der Waals surface area contributed by atoms with Crippen LogP contribution < -0.4 is 0 Å². The molecule has 0 atom stereocenters. The number of likely N-dealkylation sites (N-methyl/N-ethyl adjacent to an activating group) is 1. The number of fused-ring (bicyclic) bond motifs is 3. The highest BCUT2D eigenvalue weighted by atomic mass is 16.2. The highest BCUT2D eigenvalue weighted by Gasteiger charge is 2.21. The number of aryl methyl sites for hydroxylation is 1. The lowest BCUT2D eigenvalue weighted by atomic mass is 10.0. The number of para-hydroxylation sites is 1. The summed E-state index contributed by atoms with van der Waals surface area (Å²) < 4.78 is 0. The topological polar surface area (TPSA) is 39.3 Å². The summed E-state index contributed by atoms with van der Waals surface area (Å²) in [6.45, 7) is 5.57. The van der Waals surface area contributed by atoms with Crippen molar-refractivity contribution < 1.29 is 4.79 Å². The van der Waals surface area contributed by atoms with Gasteiger partial charge in [0.15, 0.2) is 0 Å². The van der Waals surface area contributed by atoms with Crippen LogP contribution >= 0.6 is 0 Å². The van der Waals surface area contributed by atoms with Crippen LogP contribution in [0.2, 0.25) is 0 Å². The Kier molecular flexibility index (Phi) is 3.34. The molecular weight excluding hydrogens is 286 g/mol. The van der Waals surface area contributed by atoms with Crippen molar-refractivity contribution in [2.75, 3.05) is 33.2 Å². The summed E-state index contributed by atoms with van der Waals surface area (Å²) in [6, 6.07) is 12.3. The van der Waals surface area contributed by atoms with E-state index >= 15 is 0 Å². The van der Waals surface area contributed by atoms with Gasteiger partial charge in [-0.15, -0.1) is 0 Å². The van der Waals surface area contributed by atoms with Gasteiger partial charge in [0.1, 0.15) is 0 Å². The molecule has 1 N–H and O–H groups in total. The van der Waals surface area contributed by atoms with Gasteiger partial charge in [-0.25, -0.2) is 0 Å². The molecule has 1 aliphatic heterocycles. The van der Waals surface area contributed by atoms with E-state index in [1.54, 1.807) is 0 Å². The zero-order valence-electron chi connectivity index (χ0n) is 13.6. The van der Waals surface area contributed by atoms with E-state index < -0.39 is 0 Å². The van der Waals surface area contributed by atoms with Crippen molar-refractivity contribution in [2.45, 2.75) is 6.92 Å². The molecule has 1 saturated heterocycles. The summed E-state index contributed by atoms with van der Waals surface area (Å²) in [5.74, 6) is 0.147. The van der Waals surface area contributed by atoms with Gasteiger partial charge in [-0.3, -0.25) is 4.79 Å². The summed E-state index contributed by atoms with van der Waals surface area (Å²) in [7, 11) is 2.10. The number of H-pyrrole nitrogens is 1. The lowest BCUT2D eigenvalue weighted by Crippen LogP contribution is -2.47. The largest absolute Gasteiger partial charge is 0.354 e. The second-order valence-corrected chi connectivity index (χ2v) is 6.48. The fourth-order valence-electron chi connectivity index (χ4n) is 3.44. The zero-order chi connectivity index (χ0) is 16.0. The third kappa shape index (κ3) is 2.39. The number of carbonyl (C=O) groups excluding carboxylic acids is 1. The lowest BCUT2D eigenvalue weighted by Gasteiger charge is -2.32. The van der Waals surface area contributed by atoms with Gasteiger partial charge in [-0.2, -0.15) is 0 Å². The number of aromatic amines is 1. The smallest absolute Gasteiger partial charge is 0.253 e. The van der Waals surface area contributed by atoms with Gasteiger partial charge in [0.25, 0.3) is 5.91 Å². The highest BCUT2D eigenvalue weighted by Crippen LogP contribution is 2.29. The standard InChI is InChI=1S/C19H21N3O/c1-13-11-14(19(23)22-9-7-21(2)8-10-22)12-16-15-5-3-4-6-17(15)20-18(13)16/h3-6,11-12,20H,7-10H2,1-2H3. The molecule has 2 heterocycles. The summed E-state index contributed by atoms with van der Waals surface area (Å²) in [6.07, 6.45) is 0. The van der Waals surface area contributed by atoms with E-state index in [1.807, 2.05) is 29.2 Å². The first-order chi connectivity index (χ1) is 11.1. The Morgan fingerprint density at radius 1 is 1.04 bits per heavy atom. The van der Waals surface area contributed by atoms with E-state index in [0.29, 0.717) is 0 Å². The lowest BCUT2D eigenvalue weighted by molar-refractivity contribution is 0.0664. The minimum absolute atomic E-state index is 0.147. The molecule has 1 amide bonds. The molecule has 3 aromatic rings. The fraction of sp³-hybridized carbons (Fsp3) is 0.316. The van der Waals surface area contributed by atoms with Crippen molar-refractivity contribution in [2.24, 2.45) is 0 Å². The third-order valence-corrected chi connectivity index (χ3v) is 4.85. The Balaban J connectivity index is 1.78. The normalized spacial score (nSPS) is 16.3. The molecule has 0 spiro atoms. The van der Waals surface area contributed by atoms with Gasteiger partial charge in [0, 0.05) is 53.5 Å². The van der Waals surface area contributed by atoms with E-state index in [2.05, 4.69) is 36.0 Å². The number of nitrogens with zero attached hydrogens (tertiary/aromatic N) is 2. The van der Waals surface area contributed by atoms with E-state index in [4.69, 9.17) is 0 Å². The number of rotatable bonds is 1. The fourth-order valence-corrected chi connectivity index (χ4v) is 3.44. The predicted molar refractivity (Wildman–Crippen MR) is 93.9 cm³/mol. The van der Waals surface area contributed by atoms with Crippen LogP contribution in [0.25, 0.3) is 21.8 Å². The van der Waals surface area contributed by atoms with Crippen molar-refractivity contribution in [3.8, 4) is 0 Å². The molecule has 4 nitrogen and oxygen atoms in total. The number of aromatic nitrogens is 1. The molecule has 23 heavy (non-hydrogen) atoms. The van der Waals surface area contributed by atoms with Crippen LogP contribution in [0, 0.1) is 6.92 Å². The van der Waals surface area contributed by atoms with Crippen LogP contribution in [0.15, 0.2) is 36.4 Å². The number of nitrogens with one attached hydrogen (secondary N) is 1. The second-order valence-electron chi connectivity index (χ2n) is 6.48. The quantitative estimate of drug-likeness (QED) is 0.750. The highest BCUT2D eigenvalue weighted by molar-refractivity contribution is 6.11. The first-order valence-electron chi connectivity index (χ1n) is 8.12. The Labute approximate surface area is 135 Å². The molecule has 0 saturated carbocycles. The maximum Gasteiger partial charge on any atom is 0.253 e. The number of hydrogen-bond donors (Lipinski definition) is 1. The maximum atomic E-state index is 12.9. The second kappa shape index (κ2) is 5.39. The van der Waals surface area contributed by atoms with E-state index in [1.165, 1.54) is 5.39 Å². The molecule has 118 valence electrons. The Bertz CT molecular complexity index is 888. The molecule has 0 radical (unpaired) electrons. The van der Waals surface area contributed by atoms with Crippen LogP contribution in [-0.2, 0) is 0 Å². The van der Waals surface area contributed by atoms with Crippen molar-refractivity contribution in [3.05, 3.63) is 47.5 Å². The van der Waals surface area contributed by atoms with E-state index in [9.17, 15) is 4.79 Å². The van der Waals surface area contributed by atoms with Crippen molar-refractivity contribution >= 4 is 27.7 Å². The van der Waals surface area contributed by atoms with Gasteiger partial charge in [0.05, 0.1) is 0 Å². The van der Waals surface area contributed by atoms with Gasteiger partial charge < -0.3 is 14.8 Å². The number of hydrogen-bond acceptors (Lipinski definition) is 2. The first-order valence-corrected chi connectivity index (χ1v) is 8.12. The average Bonchev–Trinajstić information content (AvgIpc) is 2.94. The predicted octanol–water partition coefficient (Wildman–Crippen LogP) is 3.02. The summed E-state index contributed by atoms with van der Waals surface area (Å²) in [5, 5.41) is 2.32. The minimum atomic E-state index is 0.147. The van der Waals surface area contributed by atoms with E-state index in [0.717, 1.165) is 53.7 Å². The molecule has 4 rings (SSSR count). The monoisotopic (exact) mass is 307 g/mol. The van der Waals surface area contributed by atoms with Gasteiger partial charge in [0.2, 0.25) is 0 Å². The van der Waals surface area contributed by atoms with Gasteiger partial charge in [-0.1, -0.05) is 18.2 Å². The zero-order valence-corrected chi connectivity index (χ0v) is 13.6. The van der Waals surface area contributed by atoms with Gasteiger partial charge in [-0.05, 0) is 37.7 Å². The average molecular weight is 307 g/mol. The van der Waals surface area contributed by atoms with Crippen molar-refractivity contribution in [1.82, 2.24) is 14.8 Å². The number of benzene rings is 2. The number of piperazine rings is 1. The molecule has 0 aliphatic carbocycles. The van der Waals surface area contributed by atoms with Crippen LogP contribution in [0.5, 0.6) is 0 Å². The molecule has 0 unspecified atom stereocenters. The molecule has 4 heteroatoms. The van der Waals surface area contributed by atoms with Crippen LogP contribution in [0.3, 0.4) is 0 Å². The molecule has 1 aliphatic rings. The third-order valence-electron chi connectivity index (χ3n) is 4.85. The van der Waals surface area contributed by atoms with E-state index in [-0.39, 0.29) is 5.91 Å². The first kappa shape index (κ1) is 14.3. The van der Waals surface area contributed by atoms with Crippen LogP contribution in [-0.4, -0.2) is 53.9 Å². The summed E-state index contributed by atoms with van der Waals surface area (Å²) in [5.41, 5.74) is 4.16. The van der Waals surface area contributed by atoms with Crippen LogP contribution in [0.1, 0.15) is 15.9 Å². The molecular formula is C19H21N3O. The van der Waals surface area contributed by atoms with Gasteiger partial charge >= 0.3 is 0 Å². The Morgan fingerprint density at radius 2 is 1.78 bits per heavy atom. The van der Waals surface area contributed by atoms with Crippen molar-refractivity contribution in [3.63, 3.8) is 0 Å². The Morgan fingerprint density at radius 3 is 2.57 bits per heavy atom. The van der Waals surface area contributed by atoms with Crippen LogP contribution in [0.4, 0.5) is 0 Å². The Hall–Kier alpha value is -2.33. The minimum Gasteiger partial charge on any atom is -0.354 e. The number of carbonyl (C=O) groups is 1. The summed E-state index contributed by atoms with van der Waals surface area (Å²) >= 11 is 0. The maximum absolute atomic E-state index is 12.9. The SMILES string of the molecule is Cc1cc(C(=O)N2CCN(C)CC2)cc2c1[nH]c1ccccc12. The molecule has 1 fully saturated rings. The number of amides is 1. The molecule has 1 aromatic heterocycles. The molecule has 0 bridgehead atoms. The van der Waals surface area contributed by atoms with Crippen molar-refractivity contribution in [1.29, 1.82) is 0 Å². The summed E-state index contributed by atoms with van der Waals surface area (Å²) in [4.78, 5) is 20.6.